The lowest BCUT2D eigenvalue weighted by molar-refractivity contribution is -0.117. The van der Waals surface area contributed by atoms with Gasteiger partial charge in [0.25, 0.3) is 0 Å². The largest absolute Gasteiger partial charge is 0.326 e. The fraction of sp³-hybridized carbons (Fsp3) is 0.364. The third-order valence-electron chi connectivity index (χ3n) is 4.48. The zero-order valence-electron chi connectivity index (χ0n) is 16.3. The van der Waals surface area contributed by atoms with E-state index in [1.807, 2.05) is 56.3 Å². The van der Waals surface area contributed by atoms with Crippen LogP contribution >= 0.6 is 0 Å². The van der Waals surface area contributed by atoms with Gasteiger partial charge in [-0.1, -0.05) is 38.1 Å². The van der Waals surface area contributed by atoms with Crippen LogP contribution in [-0.2, 0) is 9.59 Å². The van der Waals surface area contributed by atoms with E-state index in [0.717, 1.165) is 22.5 Å². The minimum absolute atomic E-state index is 0.0677. The summed E-state index contributed by atoms with van der Waals surface area (Å²) >= 11 is 0. The molecule has 0 saturated carbocycles. The van der Waals surface area contributed by atoms with Gasteiger partial charge in [-0.05, 0) is 54.7 Å². The second kappa shape index (κ2) is 8.65. The molecule has 2 aromatic carbocycles. The predicted octanol–water partition coefficient (Wildman–Crippen LogP) is 4.81. The highest BCUT2D eigenvalue weighted by Gasteiger charge is 2.14. The third kappa shape index (κ3) is 5.19. The topological polar surface area (TPSA) is 49.4 Å². The van der Waals surface area contributed by atoms with E-state index in [9.17, 15) is 9.59 Å². The number of carbonyl (C=O) groups is 2. The van der Waals surface area contributed by atoms with Crippen LogP contribution in [0.5, 0.6) is 0 Å². The molecule has 0 heterocycles. The van der Waals surface area contributed by atoms with Crippen molar-refractivity contribution < 1.29 is 9.59 Å². The van der Waals surface area contributed by atoms with Crippen molar-refractivity contribution in [2.45, 2.75) is 47.0 Å². The van der Waals surface area contributed by atoms with Crippen molar-refractivity contribution in [2.75, 3.05) is 16.8 Å². The normalized spacial score (nSPS) is 10.7. The Labute approximate surface area is 156 Å². The molecule has 0 fully saturated rings. The zero-order chi connectivity index (χ0) is 19.3. The van der Waals surface area contributed by atoms with Crippen molar-refractivity contribution in [2.24, 2.45) is 0 Å². The summed E-state index contributed by atoms with van der Waals surface area (Å²) in [4.78, 5) is 26.0. The Morgan fingerprint density at radius 2 is 1.69 bits per heavy atom. The Morgan fingerprint density at radius 1 is 1.04 bits per heavy atom. The van der Waals surface area contributed by atoms with E-state index in [1.54, 1.807) is 4.90 Å². The molecule has 1 N–H and O–H groups in total. The third-order valence-corrected chi connectivity index (χ3v) is 4.48. The highest BCUT2D eigenvalue weighted by Crippen LogP contribution is 2.21. The van der Waals surface area contributed by atoms with Crippen molar-refractivity contribution in [1.29, 1.82) is 0 Å². The Bertz CT molecular complexity index is 779. The molecule has 0 radical (unpaired) electrons. The maximum Gasteiger partial charge on any atom is 0.226 e. The molecular weight excluding hydrogens is 324 g/mol. The van der Waals surface area contributed by atoms with E-state index in [1.165, 1.54) is 12.5 Å². The first-order chi connectivity index (χ1) is 12.3. The van der Waals surface area contributed by atoms with Gasteiger partial charge in [0.05, 0.1) is 0 Å². The Hall–Kier alpha value is -2.62. The van der Waals surface area contributed by atoms with Crippen molar-refractivity contribution in [1.82, 2.24) is 0 Å². The van der Waals surface area contributed by atoms with Crippen LogP contribution in [0.25, 0.3) is 0 Å². The van der Waals surface area contributed by atoms with Crippen molar-refractivity contribution in [3.8, 4) is 0 Å². The van der Waals surface area contributed by atoms with Gasteiger partial charge in [-0.25, -0.2) is 0 Å². The number of benzene rings is 2. The van der Waals surface area contributed by atoms with Gasteiger partial charge < -0.3 is 10.2 Å². The minimum Gasteiger partial charge on any atom is -0.326 e. The van der Waals surface area contributed by atoms with Gasteiger partial charge in [0.2, 0.25) is 11.8 Å². The van der Waals surface area contributed by atoms with Crippen LogP contribution in [0, 0.1) is 13.8 Å². The van der Waals surface area contributed by atoms with E-state index < -0.39 is 0 Å². The van der Waals surface area contributed by atoms with Crippen LogP contribution in [0.4, 0.5) is 11.4 Å². The highest BCUT2D eigenvalue weighted by atomic mass is 16.2. The summed E-state index contributed by atoms with van der Waals surface area (Å²) in [6.07, 6.45) is 0.249. The molecule has 0 aliphatic carbocycles. The molecular formula is C22H28N2O2. The molecule has 0 bridgehead atoms. The van der Waals surface area contributed by atoms with Gasteiger partial charge in [-0.15, -0.1) is 0 Å². The predicted molar refractivity (Wildman–Crippen MR) is 108 cm³/mol. The fourth-order valence-electron chi connectivity index (χ4n) is 2.80. The van der Waals surface area contributed by atoms with E-state index >= 15 is 0 Å². The quantitative estimate of drug-likeness (QED) is 0.811. The highest BCUT2D eigenvalue weighted by molar-refractivity contribution is 5.95. The van der Waals surface area contributed by atoms with Crippen LogP contribution in [0.3, 0.4) is 0 Å². The standard InChI is InChI=1S/C22H28N2O2/c1-15(2)19-8-10-20(11-9-19)24(18(5)25)13-12-22(26)23-21-14-16(3)6-7-17(21)4/h6-11,14-15H,12-13H2,1-5H3,(H,23,26). The number of aryl methyl sites for hydroxylation is 2. The zero-order valence-corrected chi connectivity index (χ0v) is 16.3. The second-order valence-corrected chi connectivity index (χ2v) is 7.03. The SMILES string of the molecule is CC(=O)N(CCC(=O)Nc1cc(C)ccc1C)c1ccc(C(C)C)cc1. The number of anilines is 2. The maximum atomic E-state index is 12.3. The summed E-state index contributed by atoms with van der Waals surface area (Å²) in [7, 11) is 0. The number of carbonyl (C=O) groups excluding carboxylic acids is 2. The maximum absolute atomic E-state index is 12.3. The lowest BCUT2D eigenvalue weighted by Gasteiger charge is -2.22. The van der Waals surface area contributed by atoms with Crippen LogP contribution in [0.1, 0.15) is 49.8 Å². The van der Waals surface area contributed by atoms with E-state index in [0.29, 0.717) is 12.5 Å². The average Bonchev–Trinajstić information content (AvgIpc) is 2.58. The molecule has 0 atom stereocenters. The summed E-state index contributed by atoms with van der Waals surface area (Å²) < 4.78 is 0. The van der Waals surface area contributed by atoms with Gasteiger partial charge in [0, 0.05) is 31.3 Å². The lowest BCUT2D eigenvalue weighted by Crippen LogP contribution is -2.32. The molecule has 26 heavy (non-hydrogen) atoms. The molecule has 4 nitrogen and oxygen atoms in total. The summed E-state index contributed by atoms with van der Waals surface area (Å²) in [6, 6.07) is 13.9. The minimum atomic E-state index is -0.0937. The van der Waals surface area contributed by atoms with Crippen molar-refractivity contribution in [3.63, 3.8) is 0 Å². The number of nitrogens with one attached hydrogen (secondary N) is 1. The first-order valence-electron chi connectivity index (χ1n) is 9.03. The number of amides is 2. The number of hydrogen-bond acceptors (Lipinski definition) is 2. The Kier molecular flexibility index (Phi) is 6.56. The molecule has 138 valence electrons. The van der Waals surface area contributed by atoms with Crippen LogP contribution in [0.2, 0.25) is 0 Å². The van der Waals surface area contributed by atoms with Gasteiger partial charge in [-0.3, -0.25) is 9.59 Å². The first kappa shape index (κ1) is 19.7. The fourth-order valence-corrected chi connectivity index (χ4v) is 2.80. The van der Waals surface area contributed by atoms with E-state index in [-0.39, 0.29) is 18.2 Å². The first-order valence-corrected chi connectivity index (χ1v) is 9.03. The number of nitrogens with zero attached hydrogens (tertiary/aromatic N) is 1. The van der Waals surface area contributed by atoms with E-state index in [4.69, 9.17) is 0 Å². The second-order valence-electron chi connectivity index (χ2n) is 7.03. The van der Waals surface area contributed by atoms with Crippen LogP contribution in [0.15, 0.2) is 42.5 Å². The summed E-state index contributed by atoms with van der Waals surface area (Å²) in [6.45, 7) is 10.1. The molecule has 0 unspecified atom stereocenters. The smallest absolute Gasteiger partial charge is 0.226 e. The van der Waals surface area contributed by atoms with Gasteiger partial charge in [0.15, 0.2) is 0 Å². The van der Waals surface area contributed by atoms with Gasteiger partial charge in [0.1, 0.15) is 0 Å². The van der Waals surface area contributed by atoms with E-state index in [2.05, 4.69) is 19.2 Å². The van der Waals surface area contributed by atoms with Crippen molar-refractivity contribution in [3.05, 3.63) is 59.2 Å². The molecule has 0 aliphatic heterocycles. The Morgan fingerprint density at radius 3 is 2.27 bits per heavy atom. The molecule has 2 amide bonds. The van der Waals surface area contributed by atoms with Gasteiger partial charge >= 0.3 is 0 Å². The van der Waals surface area contributed by atoms with Gasteiger partial charge in [-0.2, -0.15) is 0 Å². The average molecular weight is 352 g/mol. The molecule has 2 rings (SSSR count). The van der Waals surface area contributed by atoms with Crippen LogP contribution < -0.4 is 10.2 Å². The summed E-state index contributed by atoms with van der Waals surface area (Å²) in [5, 5.41) is 2.94. The number of hydrogen-bond donors (Lipinski definition) is 1. The summed E-state index contributed by atoms with van der Waals surface area (Å²) in [5.41, 5.74) is 5.00. The summed E-state index contributed by atoms with van der Waals surface area (Å²) in [5.74, 6) is 0.281. The molecule has 0 aromatic heterocycles. The molecule has 0 saturated heterocycles. The lowest BCUT2D eigenvalue weighted by atomic mass is 10.0. The van der Waals surface area contributed by atoms with Crippen LogP contribution in [-0.4, -0.2) is 18.4 Å². The molecule has 2 aromatic rings. The molecule has 4 heteroatoms. The number of rotatable bonds is 6. The molecule has 0 aliphatic rings. The molecule has 0 spiro atoms. The monoisotopic (exact) mass is 352 g/mol. The Balaban J connectivity index is 2.02. The van der Waals surface area contributed by atoms with Crippen molar-refractivity contribution >= 4 is 23.2 Å².